The third kappa shape index (κ3) is 26.0. The van der Waals surface area contributed by atoms with E-state index < -0.39 is 33.7 Å². The number of amides is 1. The summed E-state index contributed by atoms with van der Waals surface area (Å²) in [7, 11) is -4.94. The number of carbonyl (C=O) groups excluding carboxylic acids is 3. The fraction of sp³-hybridized carbons (Fsp3) is 0.792. The van der Waals surface area contributed by atoms with Crippen molar-refractivity contribution in [2.75, 3.05) is 13.2 Å². The van der Waals surface area contributed by atoms with Crippen molar-refractivity contribution in [3.63, 3.8) is 0 Å². The van der Waals surface area contributed by atoms with Crippen LogP contribution in [0.5, 0.6) is 0 Å². The van der Waals surface area contributed by atoms with E-state index in [0.717, 1.165) is 44.9 Å². The molecule has 2 atom stereocenters. The summed E-state index contributed by atoms with van der Waals surface area (Å²) in [6.07, 6.45) is 15.0. The van der Waals surface area contributed by atoms with Crippen LogP contribution >= 0.6 is 0 Å². The van der Waals surface area contributed by atoms with Crippen LogP contribution in [0.4, 0.5) is 0 Å². The molecule has 0 aliphatic heterocycles. The first-order valence-corrected chi connectivity index (χ1v) is 14.0. The van der Waals surface area contributed by atoms with Crippen LogP contribution in [0.25, 0.3) is 0 Å². The molecule has 0 aromatic carbocycles. The van der Waals surface area contributed by atoms with E-state index in [4.69, 9.17) is 4.55 Å². The zero-order valence-electron chi connectivity index (χ0n) is 22.8. The number of aliphatic hydroxyl groups is 1. The minimum absolute atomic E-state index is 0. The number of ether oxygens (including phenoxy) is 1. The predicted molar refractivity (Wildman–Crippen MR) is 130 cm³/mol. The molecule has 0 saturated carbocycles. The van der Waals surface area contributed by atoms with Crippen molar-refractivity contribution in [2.24, 2.45) is 0 Å². The second-order valence-corrected chi connectivity index (χ2v) is 10.2. The second-order valence-electron chi connectivity index (χ2n) is 8.61. The maximum absolute atomic E-state index is 11.8. The minimum Gasteiger partial charge on any atom is -0.550 e. The number of hydrogen-bond donors (Lipinski definition) is 3. The summed E-state index contributed by atoms with van der Waals surface area (Å²) < 4.78 is 35.7. The van der Waals surface area contributed by atoms with E-state index in [9.17, 15) is 33.0 Å². The Morgan fingerprint density at radius 3 is 2.22 bits per heavy atom. The van der Waals surface area contributed by atoms with Crippen LogP contribution in [0, 0.1) is 0 Å². The molecule has 0 spiro atoms. The molecule has 0 bridgehead atoms. The van der Waals surface area contributed by atoms with Crippen molar-refractivity contribution in [2.45, 2.75) is 108 Å². The molecule has 2 unspecified atom stereocenters. The van der Waals surface area contributed by atoms with Gasteiger partial charge in [0.25, 0.3) is 10.1 Å². The number of nitrogens with one attached hydrogen (secondary N) is 1. The van der Waals surface area contributed by atoms with Crippen molar-refractivity contribution in [1.29, 1.82) is 0 Å². The third-order valence-corrected chi connectivity index (χ3v) is 6.46. The molecule has 0 rings (SSSR count). The maximum atomic E-state index is 11.8. The molecule has 0 heterocycles. The number of hydrogen-bond acceptors (Lipinski definition) is 8. The normalized spacial score (nSPS) is 12.7. The van der Waals surface area contributed by atoms with E-state index in [1.807, 2.05) is 0 Å². The molecule has 13 heteroatoms. The Labute approximate surface area is 266 Å². The quantitative estimate of drug-likeness (QED) is 0.0389. The van der Waals surface area contributed by atoms with Gasteiger partial charge in [-0.1, -0.05) is 64.0 Å². The summed E-state index contributed by atoms with van der Waals surface area (Å²) in [5.41, 5.74) is 0. The van der Waals surface area contributed by atoms with Gasteiger partial charge in [-0.25, -0.2) is 0 Å². The Balaban J connectivity index is -0.00000578. The summed E-state index contributed by atoms with van der Waals surface area (Å²) in [4.78, 5) is 33.9. The van der Waals surface area contributed by atoms with Gasteiger partial charge in [0.05, 0.1) is 12.6 Å². The Hall–Kier alpha value is 0.0200. The van der Waals surface area contributed by atoms with Gasteiger partial charge in [-0.2, -0.15) is 8.42 Å². The Morgan fingerprint density at radius 2 is 1.59 bits per heavy atom. The van der Waals surface area contributed by atoms with Crippen LogP contribution in [0.3, 0.4) is 0 Å². The molecule has 1 amide bonds. The molecular formula is C24H42NNa2O9S+. The van der Waals surface area contributed by atoms with E-state index in [0.29, 0.717) is 19.3 Å². The molecule has 0 saturated heterocycles. The number of rotatable bonds is 22. The molecule has 0 aromatic rings. The SMILES string of the molecule is CCCCCCC(O)CC=CCCCCCCCC(=O)NCCOC(=O)C(CC(=O)[O-])S(=O)(=O)O.[Na+].[Na+]. The van der Waals surface area contributed by atoms with Gasteiger partial charge in [-0.15, -0.1) is 0 Å². The molecule has 10 nitrogen and oxygen atoms in total. The molecule has 0 aromatic heterocycles. The van der Waals surface area contributed by atoms with Crippen LogP contribution in [-0.2, 0) is 29.2 Å². The average Bonchev–Trinajstić information content (AvgIpc) is 2.78. The number of esters is 1. The number of aliphatic carboxylic acids is 1. The molecule has 204 valence electrons. The molecule has 3 N–H and O–H groups in total. The van der Waals surface area contributed by atoms with Gasteiger partial charge >= 0.3 is 65.1 Å². The third-order valence-electron chi connectivity index (χ3n) is 5.38. The van der Waals surface area contributed by atoms with E-state index in [1.54, 1.807) is 0 Å². The van der Waals surface area contributed by atoms with Crippen LogP contribution in [0.1, 0.15) is 96.8 Å². The largest absolute Gasteiger partial charge is 1.00 e. The minimum atomic E-state index is -4.94. The second kappa shape index (κ2) is 26.3. The monoisotopic (exact) mass is 566 g/mol. The average molecular weight is 567 g/mol. The topological polar surface area (TPSA) is 170 Å². The van der Waals surface area contributed by atoms with Gasteiger partial charge in [0.2, 0.25) is 5.91 Å². The molecular weight excluding hydrogens is 524 g/mol. The van der Waals surface area contributed by atoms with Crippen LogP contribution in [0.15, 0.2) is 12.2 Å². The molecule has 37 heavy (non-hydrogen) atoms. The van der Waals surface area contributed by atoms with Crippen molar-refractivity contribution < 1.29 is 101 Å². The fourth-order valence-electron chi connectivity index (χ4n) is 3.36. The standard InChI is InChI=1S/C24H43NO9S.2Na/c1-2-3-4-11-14-20(26)15-12-9-7-5-6-8-10-13-16-22(27)25-17-18-34-24(30)21(19-23(28)29)35(31,32)33;;/h9,12,20-21,26H,2-8,10-11,13-19H2,1H3,(H,25,27)(H,28,29)(H,31,32,33);;/q;2*+1/p-1. The number of unbranched alkanes of at least 4 members (excludes halogenated alkanes) is 8. The van der Waals surface area contributed by atoms with E-state index >= 15 is 0 Å². The van der Waals surface area contributed by atoms with Crippen molar-refractivity contribution in [1.82, 2.24) is 5.32 Å². The number of allylic oxidation sites excluding steroid dienone is 1. The van der Waals surface area contributed by atoms with Crippen LogP contribution in [0.2, 0.25) is 0 Å². The predicted octanol–water partition coefficient (Wildman–Crippen LogP) is -3.94. The van der Waals surface area contributed by atoms with Gasteiger partial charge in [0.15, 0.2) is 5.25 Å². The maximum Gasteiger partial charge on any atom is 1.00 e. The van der Waals surface area contributed by atoms with Crippen molar-refractivity contribution in [3.8, 4) is 0 Å². The fourth-order valence-corrected chi connectivity index (χ4v) is 4.02. The van der Waals surface area contributed by atoms with Gasteiger partial charge < -0.3 is 25.1 Å². The molecule has 0 fully saturated rings. The molecule has 0 aliphatic carbocycles. The first-order valence-electron chi connectivity index (χ1n) is 12.5. The first kappa shape index (κ1) is 41.5. The van der Waals surface area contributed by atoms with Gasteiger partial charge in [0, 0.05) is 18.8 Å². The smallest absolute Gasteiger partial charge is 0.550 e. The summed E-state index contributed by atoms with van der Waals surface area (Å²) in [6, 6.07) is 0. The van der Waals surface area contributed by atoms with E-state index in [1.165, 1.54) is 19.3 Å². The molecule has 0 aliphatic rings. The zero-order valence-corrected chi connectivity index (χ0v) is 27.6. The Morgan fingerprint density at radius 1 is 0.973 bits per heavy atom. The van der Waals surface area contributed by atoms with E-state index in [2.05, 4.69) is 29.1 Å². The van der Waals surface area contributed by atoms with Gasteiger partial charge in [0.1, 0.15) is 6.61 Å². The van der Waals surface area contributed by atoms with Gasteiger partial charge in [-0.3, -0.25) is 14.1 Å². The Kier molecular flexibility index (Phi) is 29.4. The van der Waals surface area contributed by atoms with Crippen LogP contribution in [-0.4, -0.2) is 60.4 Å². The Bertz CT molecular complexity index is 749. The molecule has 0 radical (unpaired) electrons. The number of carboxylic acid groups (broad SMARTS) is 1. The summed E-state index contributed by atoms with van der Waals surface area (Å²) in [5.74, 6) is -3.48. The summed E-state index contributed by atoms with van der Waals surface area (Å²) >= 11 is 0. The summed E-state index contributed by atoms with van der Waals surface area (Å²) in [6.45, 7) is 1.75. The van der Waals surface area contributed by atoms with Crippen molar-refractivity contribution in [3.05, 3.63) is 12.2 Å². The van der Waals surface area contributed by atoms with Crippen LogP contribution < -0.4 is 69.5 Å². The number of carbonyl (C=O) groups is 3. The van der Waals surface area contributed by atoms with E-state index in [-0.39, 0.29) is 84.3 Å². The zero-order chi connectivity index (χ0) is 26.5. The first-order chi connectivity index (χ1) is 16.6. The summed E-state index contributed by atoms with van der Waals surface area (Å²) in [5, 5.41) is 20.7. The van der Waals surface area contributed by atoms with Gasteiger partial charge in [-0.05, 0) is 32.1 Å². The number of carboxylic acids is 1. The van der Waals surface area contributed by atoms with Crippen molar-refractivity contribution >= 4 is 28.0 Å². The number of aliphatic hydroxyl groups excluding tert-OH is 1.